The molecule has 8 nitrogen and oxygen atoms in total. The lowest BCUT2D eigenvalue weighted by Crippen LogP contribution is -2.35. The van der Waals surface area contributed by atoms with Gasteiger partial charge in [0.05, 0.1) is 28.9 Å². The molecule has 8 heteroatoms. The van der Waals surface area contributed by atoms with E-state index in [0.29, 0.717) is 42.4 Å². The Balaban J connectivity index is 1.48. The van der Waals surface area contributed by atoms with E-state index in [4.69, 9.17) is 14.5 Å². The normalized spacial score (nSPS) is 17.7. The molecule has 5 heterocycles. The molecule has 2 aliphatic heterocycles. The van der Waals surface area contributed by atoms with Crippen LogP contribution in [0.15, 0.2) is 55.0 Å². The summed E-state index contributed by atoms with van der Waals surface area (Å²) in [5, 5.41) is 5.39. The van der Waals surface area contributed by atoms with Gasteiger partial charge in [0.1, 0.15) is 13.2 Å². The van der Waals surface area contributed by atoms with Crippen LogP contribution in [-0.2, 0) is 0 Å². The molecule has 37 heavy (non-hydrogen) atoms. The van der Waals surface area contributed by atoms with E-state index in [1.165, 1.54) is 0 Å². The van der Waals surface area contributed by atoms with E-state index in [2.05, 4.69) is 23.9 Å². The molecule has 4 aromatic rings. The molecule has 0 N–H and O–H groups in total. The fourth-order valence-corrected chi connectivity index (χ4v) is 5.36. The second-order valence-electron chi connectivity index (χ2n) is 9.98. The van der Waals surface area contributed by atoms with Crippen LogP contribution >= 0.6 is 0 Å². The summed E-state index contributed by atoms with van der Waals surface area (Å²) in [4.78, 5) is 25.6. The van der Waals surface area contributed by atoms with Crippen molar-refractivity contribution in [1.29, 1.82) is 0 Å². The van der Waals surface area contributed by atoms with Crippen LogP contribution in [0.5, 0.6) is 11.5 Å². The number of hydrogen-bond donors (Lipinski definition) is 0. The maximum atomic E-state index is 14.3. The Bertz CT molecular complexity index is 1430. The highest BCUT2D eigenvalue weighted by molar-refractivity contribution is 6.06. The number of rotatable bonds is 4. The first-order valence-corrected chi connectivity index (χ1v) is 13.1. The van der Waals surface area contributed by atoms with Gasteiger partial charge in [0.2, 0.25) is 0 Å². The SMILES string of the molecule is CC(C)n1ncc2c(C(=O)N3CCCCCC3c3ccncc3)cc(-c3ccc4c(c3)OCCO4)nc21. The Kier molecular flexibility index (Phi) is 6.24. The van der Waals surface area contributed by atoms with E-state index in [1.807, 2.05) is 46.0 Å². The summed E-state index contributed by atoms with van der Waals surface area (Å²) in [6.45, 7) is 5.91. The number of pyridine rings is 2. The fraction of sp³-hybridized carbons (Fsp3) is 0.379. The standard InChI is InChI=1S/C29H31N5O3/c1-19(2)34-28-23(18-31-34)22(17-24(32-28)21-7-8-26-27(16-21)37-15-14-36-26)29(35)33-13-5-3-4-6-25(33)20-9-11-30-12-10-20/h7-12,16-19,25H,3-6,13-15H2,1-2H3. The van der Waals surface area contributed by atoms with Crippen molar-refractivity contribution >= 4 is 16.9 Å². The molecular formula is C29H31N5O3. The molecule has 1 fully saturated rings. The maximum Gasteiger partial charge on any atom is 0.255 e. The van der Waals surface area contributed by atoms with Gasteiger partial charge in [0.15, 0.2) is 17.1 Å². The average Bonchev–Trinajstić information content (AvgIpc) is 3.22. The second-order valence-corrected chi connectivity index (χ2v) is 9.98. The molecule has 0 spiro atoms. The molecule has 0 radical (unpaired) electrons. The number of likely N-dealkylation sites (tertiary alicyclic amines) is 1. The van der Waals surface area contributed by atoms with Crippen molar-refractivity contribution in [2.24, 2.45) is 0 Å². The minimum Gasteiger partial charge on any atom is -0.486 e. The minimum atomic E-state index is 0.0122. The molecule has 1 saturated heterocycles. The van der Waals surface area contributed by atoms with Crippen LogP contribution in [0, 0.1) is 0 Å². The lowest BCUT2D eigenvalue weighted by Gasteiger charge is -2.31. The Morgan fingerprint density at radius 3 is 2.62 bits per heavy atom. The van der Waals surface area contributed by atoms with E-state index in [0.717, 1.165) is 47.9 Å². The largest absolute Gasteiger partial charge is 0.486 e. The van der Waals surface area contributed by atoms with Crippen molar-refractivity contribution in [2.75, 3.05) is 19.8 Å². The van der Waals surface area contributed by atoms with Crippen LogP contribution in [0.25, 0.3) is 22.3 Å². The number of fused-ring (bicyclic) bond motifs is 2. The molecule has 3 aromatic heterocycles. The third-order valence-corrected chi connectivity index (χ3v) is 7.23. The smallest absolute Gasteiger partial charge is 0.255 e. The number of benzene rings is 1. The van der Waals surface area contributed by atoms with Gasteiger partial charge in [-0.25, -0.2) is 9.67 Å². The Morgan fingerprint density at radius 1 is 1.00 bits per heavy atom. The molecule has 1 atom stereocenters. The third kappa shape index (κ3) is 4.41. The summed E-state index contributed by atoms with van der Waals surface area (Å²) >= 11 is 0. The van der Waals surface area contributed by atoms with Crippen molar-refractivity contribution in [1.82, 2.24) is 24.6 Å². The zero-order chi connectivity index (χ0) is 25.4. The summed E-state index contributed by atoms with van der Waals surface area (Å²) in [6, 6.07) is 11.9. The van der Waals surface area contributed by atoms with Crippen LogP contribution < -0.4 is 9.47 Å². The number of amides is 1. The Hall–Kier alpha value is -3.94. The number of hydrogen-bond acceptors (Lipinski definition) is 6. The summed E-state index contributed by atoms with van der Waals surface area (Å²) < 4.78 is 13.4. The summed E-state index contributed by atoms with van der Waals surface area (Å²) in [7, 11) is 0. The van der Waals surface area contributed by atoms with Crippen molar-refractivity contribution < 1.29 is 14.3 Å². The second kappa shape index (κ2) is 9.84. The minimum absolute atomic E-state index is 0.0122. The van der Waals surface area contributed by atoms with Gasteiger partial charge >= 0.3 is 0 Å². The van der Waals surface area contributed by atoms with Gasteiger partial charge in [-0.05, 0) is 68.7 Å². The first-order chi connectivity index (χ1) is 18.1. The van der Waals surface area contributed by atoms with E-state index in [-0.39, 0.29) is 18.0 Å². The highest BCUT2D eigenvalue weighted by Gasteiger charge is 2.30. The lowest BCUT2D eigenvalue weighted by molar-refractivity contribution is 0.0683. The molecule has 0 bridgehead atoms. The first-order valence-electron chi connectivity index (χ1n) is 13.1. The number of aromatic nitrogens is 4. The van der Waals surface area contributed by atoms with Crippen LogP contribution in [0.1, 0.15) is 67.5 Å². The van der Waals surface area contributed by atoms with Crippen LogP contribution in [0.2, 0.25) is 0 Å². The molecule has 1 unspecified atom stereocenters. The number of nitrogens with zero attached hydrogens (tertiary/aromatic N) is 5. The van der Waals surface area contributed by atoms with Crippen molar-refractivity contribution in [2.45, 2.75) is 51.6 Å². The summed E-state index contributed by atoms with van der Waals surface area (Å²) in [5.41, 5.74) is 4.05. The monoisotopic (exact) mass is 497 g/mol. The van der Waals surface area contributed by atoms with Gasteiger partial charge < -0.3 is 14.4 Å². The highest BCUT2D eigenvalue weighted by Crippen LogP contribution is 2.37. The van der Waals surface area contributed by atoms with E-state index in [1.54, 1.807) is 18.6 Å². The molecule has 1 aromatic carbocycles. The van der Waals surface area contributed by atoms with Crippen LogP contribution in [-0.4, -0.2) is 50.3 Å². The summed E-state index contributed by atoms with van der Waals surface area (Å²) in [6.07, 6.45) is 9.52. The fourth-order valence-electron chi connectivity index (χ4n) is 5.36. The zero-order valence-corrected chi connectivity index (χ0v) is 21.3. The molecule has 190 valence electrons. The van der Waals surface area contributed by atoms with Crippen molar-refractivity contribution in [3.05, 3.63) is 66.1 Å². The zero-order valence-electron chi connectivity index (χ0n) is 21.3. The molecule has 6 rings (SSSR count). The van der Waals surface area contributed by atoms with Gasteiger partial charge in [0.25, 0.3) is 5.91 Å². The van der Waals surface area contributed by atoms with Gasteiger partial charge in [0, 0.05) is 30.5 Å². The molecule has 1 amide bonds. The maximum absolute atomic E-state index is 14.3. The highest BCUT2D eigenvalue weighted by atomic mass is 16.6. The number of carbonyl (C=O) groups is 1. The van der Waals surface area contributed by atoms with Crippen molar-refractivity contribution in [3.63, 3.8) is 0 Å². The van der Waals surface area contributed by atoms with Gasteiger partial charge in [-0.1, -0.05) is 12.8 Å². The van der Waals surface area contributed by atoms with E-state index >= 15 is 0 Å². The quantitative estimate of drug-likeness (QED) is 0.365. The predicted octanol–water partition coefficient (Wildman–Crippen LogP) is 5.60. The van der Waals surface area contributed by atoms with Crippen molar-refractivity contribution in [3.8, 4) is 22.8 Å². The number of ether oxygens (including phenoxy) is 2. The molecule has 0 saturated carbocycles. The van der Waals surface area contributed by atoms with E-state index < -0.39 is 0 Å². The van der Waals surface area contributed by atoms with Crippen LogP contribution in [0.3, 0.4) is 0 Å². The van der Waals surface area contributed by atoms with E-state index in [9.17, 15) is 4.79 Å². The van der Waals surface area contributed by atoms with Gasteiger partial charge in [-0.2, -0.15) is 5.10 Å². The van der Waals surface area contributed by atoms with Crippen LogP contribution in [0.4, 0.5) is 0 Å². The summed E-state index contributed by atoms with van der Waals surface area (Å²) in [5.74, 6) is 1.43. The topological polar surface area (TPSA) is 82.4 Å². The molecular weight excluding hydrogens is 466 g/mol. The first kappa shape index (κ1) is 23.5. The Morgan fingerprint density at radius 2 is 1.81 bits per heavy atom. The van der Waals surface area contributed by atoms with Gasteiger partial charge in [-0.3, -0.25) is 9.78 Å². The average molecular weight is 498 g/mol. The molecule has 2 aliphatic rings. The number of carbonyl (C=O) groups excluding carboxylic acids is 1. The lowest BCUT2D eigenvalue weighted by atomic mass is 10.00. The van der Waals surface area contributed by atoms with Gasteiger partial charge in [-0.15, -0.1) is 0 Å². The third-order valence-electron chi connectivity index (χ3n) is 7.23. The molecule has 0 aliphatic carbocycles. The Labute approximate surface area is 216 Å². The predicted molar refractivity (Wildman–Crippen MR) is 141 cm³/mol.